The summed E-state index contributed by atoms with van der Waals surface area (Å²) in [5.74, 6) is 0.556. The number of benzene rings is 1. The van der Waals surface area contributed by atoms with E-state index in [1.807, 2.05) is 0 Å². The molecule has 0 unspecified atom stereocenters. The molecule has 2 heterocycles. The monoisotopic (exact) mass is 261 g/mol. The zero-order valence-electron chi connectivity index (χ0n) is 11.8. The molecule has 0 bridgehead atoms. The summed E-state index contributed by atoms with van der Waals surface area (Å²) < 4.78 is 6.00. The van der Waals surface area contributed by atoms with Gasteiger partial charge in [0.2, 0.25) is 0 Å². The Morgan fingerprint density at radius 2 is 2.21 bits per heavy atom. The Kier molecular flexibility index (Phi) is 3.50. The van der Waals surface area contributed by atoms with Gasteiger partial charge in [0.1, 0.15) is 0 Å². The van der Waals surface area contributed by atoms with Gasteiger partial charge in [-0.2, -0.15) is 0 Å². The number of nitrogens with one attached hydrogen (secondary N) is 1. The fourth-order valence-electron chi connectivity index (χ4n) is 3.65. The van der Waals surface area contributed by atoms with Crippen LogP contribution in [0.4, 0.5) is 5.69 Å². The smallest absolute Gasteiger partial charge is 0.0893 e. The van der Waals surface area contributed by atoms with E-state index < -0.39 is 0 Å². The number of anilines is 1. The molecule has 0 spiro atoms. The molecule has 0 amide bonds. The molecule has 1 saturated heterocycles. The summed E-state index contributed by atoms with van der Waals surface area (Å²) >= 11 is 0. The molecule has 3 heteroatoms. The second-order valence-electron chi connectivity index (χ2n) is 5.91. The third-order valence-electron chi connectivity index (χ3n) is 4.47. The van der Waals surface area contributed by atoms with E-state index in [0.717, 1.165) is 25.9 Å². The van der Waals surface area contributed by atoms with E-state index in [1.165, 1.54) is 22.4 Å². The van der Waals surface area contributed by atoms with E-state index in [-0.39, 0.29) is 12.7 Å². The molecule has 3 nitrogen and oxygen atoms in total. The minimum Gasteiger partial charge on any atom is -0.396 e. The highest BCUT2D eigenvalue weighted by molar-refractivity contribution is 5.62. The maximum absolute atomic E-state index is 9.06. The van der Waals surface area contributed by atoms with Gasteiger partial charge in [-0.25, -0.2) is 0 Å². The number of aliphatic hydroxyl groups excluding tert-OH is 1. The van der Waals surface area contributed by atoms with Crippen molar-refractivity contribution in [3.05, 3.63) is 28.8 Å². The SMILES string of the molecule is Cc1cc(C)c2c(c1)[C@@H]1OCC[C@@H]1[C@@H](CCCO)N2. The van der Waals surface area contributed by atoms with Crippen LogP contribution in [0.3, 0.4) is 0 Å². The lowest BCUT2D eigenvalue weighted by atomic mass is 9.81. The summed E-state index contributed by atoms with van der Waals surface area (Å²) in [6.07, 6.45) is 3.26. The molecule has 0 aliphatic carbocycles. The summed E-state index contributed by atoms with van der Waals surface area (Å²) in [5.41, 5.74) is 5.20. The molecule has 3 atom stereocenters. The molecular formula is C16H23NO2. The number of hydrogen-bond acceptors (Lipinski definition) is 3. The highest BCUT2D eigenvalue weighted by atomic mass is 16.5. The molecule has 1 aromatic rings. The van der Waals surface area contributed by atoms with E-state index in [1.54, 1.807) is 0 Å². The molecule has 1 aromatic carbocycles. The number of aliphatic hydroxyl groups is 1. The average molecular weight is 261 g/mol. The van der Waals surface area contributed by atoms with E-state index in [2.05, 4.69) is 31.3 Å². The molecule has 3 rings (SSSR count). The van der Waals surface area contributed by atoms with Crippen molar-refractivity contribution in [1.29, 1.82) is 0 Å². The summed E-state index contributed by atoms with van der Waals surface area (Å²) in [5, 5.41) is 12.8. The Morgan fingerprint density at radius 3 is 3.00 bits per heavy atom. The lowest BCUT2D eigenvalue weighted by Crippen LogP contribution is -2.36. The van der Waals surface area contributed by atoms with Crippen molar-refractivity contribution < 1.29 is 9.84 Å². The topological polar surface area (TPSA) is 41.5 Å². The Hall–Kier alpha value is -1.06. The summed E-state index contributed by atoms with van der Waals surface area (Å²) in [6.45, 7) is 5.45. The Labute approximate surface area is 115 Å². The fourth-order valence-corrected chi connectivity index (χ4v) is 3.65. The molecule has 0 aromatic heterocycles. The Morgan fingerprint density at radius 1 is 1.37 bits per heavy atom. The van der Waals surface area contributed by atoms with Crippen LogP contribution in [0, 0.1) is 19.8 Å². The number of ether oxygens (including phenoxy) is 1. The van der Waals surface area contributed by atoms with Gasteiger partial charge in [0.05, 0.1) is 6.10 Å². The van der Waals surface area contributed by atoms with Gasteiger partial charge in [-0.1, -0.05) is 17.7 Å². The van der Waals surface area contributed by atoms with Crippen LogP contribution in [0.1, 0.15) is 42.1 Å². The molecule has 0 saturated carbocycles. The number of rotatable bonds is 3. The second-order valence-corrected chi connectivity index (χ2v) is 5.91. The second kappa shape index (κ2) is 5.14. The van der Waals surface area contributed by atoms with Gasteiger partial charge in [0.15, 0.2) is 0 Å². The third-order valence-corrected chi connectivity index (χ3v) is 4.47. The minimum atomic E-state index is 0.249. The first-order valence-corrected chi connectivity index (χ1v) is 7.31. The quantitative estimate of drug-likeness (QED) is 0.879. The minimum absolute atomic E-state index is 0.249. The van der Waals surface area contributed by atoms with Crippen molar-refractivity contribution in [3.8, 4) is 0 Å². The molecule has 2 aliphatic rings. The van der Waals surface area contributed by atoms with Gasteiger partial charge in [-0.05, 0) is 38.7 Å². The van der Waals surface area contributed by atoms with E-state index in [0.29, 0.717) is 12.0 Å². The Balaban J connectivity index is 1.96. The van der Waals surface area contributed by atoms with E-state index in [9.17, 15) is 0 Å². The highest BCUT2D eigenvalue weighted by Gasteiger charge is 2.40. The molecule has 2 N–H and O–H groups in total. The van der Waals surface area contributed by atoms with Gasteiger partial charge < -0.3 is 15.2 Å². The van der Waals surface area contributed by atoms with Crippen molar-refractivity contribution in [2.45, 2.75) is 45.3 Å². The maximum atomic E-state index is 9.06. The number of aryl methyl sites for hydroxylation is 2. The summed E-state index contributed by atoms with van der Waals surface area (Å²) in [7, 11) is 0. The van der Waals surface area contributed by atoms with Gasteiger partial charge in [-0.3, -0.25) is 0 Å². The first kappa shape index (κ1) is 12.9. The van der Waals surface area contributed by atoms with E-state index in [4.69, 9.17) is 9.84 Å². The van der Waals surface area contributed by atoms with Crippen molar-refractivity contribution in [3.63, 3.8) is 0 Å². The van der Waals surface area contributed by atoms with Gasteiger partial charge >= 0.3 is 0 Å². The van der Waals surface area contributed by atoms with Crippen LogP contribution in [0.2, 0.25) is 0 Å². The maximum Gasteiger partial charge on any atom is 0.0893 e. The van der Waals surface area contributed by atoms with Crippen molar-refractivity contribution in [2.75, 3.05) is 18.5 Å². The van der Waals surface area contributed by atoms with Crippen molar-refractivity contribution in [1.82, 2.24) is 0 Å². The molecule has 104 valence electrons. The van der Waals surface area contributed by atoms with Crippen LogP contribution >= 0.6 is 0 Å². The van der Waals surface area contributed by atoms with E-state index >= 15 is 0 Å². The normalized spacial score (nSPS) is 28.7. The van der Waals surface area contributed by atoms with Crippen LogP contribution < -0.4 is 5.32 Å². The number of fused-ring (bicyclic) bond motifs is 3. The van der Waals surface area contributed by atoms with Crippen LogP contribution in [-0.2, 0) is 4.74 Å². The van der Waals surface area contributed by atoms with Gasteiger partial charge in [-0.15, -0.1) is 0 Å². The fraction of sp³-hybridized carbons (Fsp3) is 0.625. The Bertz CT molecular complexity index is 472. The highest BCUT2D eigenvalue weighted by Crippen LogP contribution is 2.46. The van der Waals surface area contributed by atoms with Crippen LogP contribution in [-0.4, -0.2) is 24.4 Å². The summed E-state index contributed by atoms with van der Waals surface area (Å²) in [4.78, 5) is 0. The van der Waals surface area contributed by atoms with Crippen molar-refractivity contribution >= 4 is 5.69 Å². The third kappa shape index (κ3) is 2.26. The van der Waals surface area contributed by atoms with Crippen LogP contribution in [0.15, 0.2) is 12.1 Å². The lowest BCUT2D eigenvalue weighted by molar-refractivity contribution is 0.0812. The summed E-state index contributed by atoms with van der Waals surface area (Å²) in [6, 6.07) is 4.93. The zero-order chi connectivity index (χ0) is 13.4. The lowest BCUT2D eigenvalue weighted by Gasteiger charge is -2.37. The predicted molar refractivity (Wildman–Crippen MR) is 76.4 cm³/mol. The standard InChI is InChI=1S/C16H23NO2/c1-10-8-11(2)15-13(9-10)16-12(5-7-19-16)14(17-15)4-3-6-18/h8-9,12,14,16-18H,3-7H2,1-2H3/t12-,14-,16-/m1/s1. The average Bonchev–Trinajstić information content (AvgIpc) is 2.86. The zero-order valence-corrected chi connectivity index (χ0v) is 11.8. The molecular weight excluding hydrogens is 238 g/mol. The first-order chi connectivity index (χ1) is 9.20. The van der Waals surface area contributed by atoms with Crippen LogP contribution in [0.25, 0.3) is 0 Å². The van der Waals surface area contributed by atoms with Gasteiger partial charge in [0, 0.05) is 36.4 Å². The molecule has 1 fully saturated rings. The largest absolute Gasteiger partial charge is 0.396 e. The molecule has 19 heavy (non-hydrogen) atoms. The van der Waals surface area contributed by atoms with Crippen LogP contribution in [0.5, 0.6) is 0 Å². The number of hydrogen-bond donors (Lipinski definition) is 2. The van der Waals surface area contributed by atoms with Gasteiger partial charge in [0.25, 0.3) is 0 Å². The molecule has 0 radical (unpaired) electrons. The first-order valence-electron chi connectivity index (χ1n) is 7.31. The van der Waals surface area contributed by atoms with Crippen molar-refractivity contribution in [2.24, 2.45) is 5.92 Å². The molecule has 2 aliphatic heterocycles. The predicted octanol–water partition coefficient (Wildman–Crippen LogP) is 2.95.